The van der Waals surface area contributed by atoms with E-state index in [1.54, 1.807) is 24.4 Å². The summed E-state index contributed by atoms with van der Waals surface area (Å²) in [6.45, 7) is 0.967. The van der Waals surface area contributed by atoms with E-state index in [2.05, 4.69) is 5.32 Å². The van der Waals surface area contributed by atoms with Crippen molar-refractivity contribution in [2.24, 2.45) is 0 Å². The van der Waals surface area contributed by atoms with Crippen LogP contribution in [0.15, 0.2) is 54.7 Å². The van der Waals surface area contributed by atoms with E-state index in [1.807, 2.05) is 37.3 Å². The monoisotopic (exact) mass is 390 g/mol. The van der Waals surface area contributed by atoms with E-state index in [-0.39, 0.29) is 0 Å². The minimum Gasteiger partial charge on any atom is -0.361 e. The molecule has 6 heteroatoms. The first-order valence-electron chi connectivity index (χ1n) is 8.78. The lowest BCUT2D eigenvalue weighted by Gasteiger charge is -2.31. The number of halogens is 4. The summed E-state index contributed by atoms with van der Waals surface area (Å²) in [7, 11) is 0. The van der Waals surface area contributed by atoms with Gasteiger partial charge in [-0.25, -0.2) is 0 Å². The maximum atomic E-state index is 13.4. The molecule has 2 aliphatic rings. The summed E-state index contributed by atoms with van der Waals surface area (Å²) in [5, 5.41) is 5.27. The molecule has 0 fully saturated rings. The summed E-state index contributed by atoms with van der Waals surface area (Å²) in [6.07, 6.45) is -0.207. The van der Waals surface area contributed by atoms with E-state index < -0.39 is 18.8 Å². The first-order chi connectivity index (χ1) is 12.9. The molecule has 0 saturated heterocycles. The third kappa shape index (κ3) is 3.10. The average Bonchev–Trinajstić information content (AvgIpc) is 2.94. The number of allylic oxidation sites excluding steroid dienone is 1. The second-order valence-corrected chi connectivity index (χ2v) is 7.05. The molecule has 0 radical (unpaired) electrons. The number of rotatable bonds is 3. The van der Waals surface area contributed by atoms with Crippen molar-refractivity contribution in [3.8, 4) is 0 Å². The first-order valence-corrected chi connectivity index (χ1v) is 9.16. The Balaban J connectivity index is 2.05. The molecule has 0 aliphatic carbocycles. The summed E-state index contributed by atoms with van der Waals surface area (Å²) in [5.74, 6) is 0. The van der Waals surface area contributed by atoms with E-state index in [9.17, 15) is 13.2 Å². The number of hydrogen-bond acceptors (Lipinski definition) is 2. The van der Waals surface area contributed by atoms with Crippen LogP contribution in [-0.4, -0.2) is 12.7 Å². The zero-order valence-electron chi connectivity index (χ0n) is 14.6. The molecule has 2 aliphatic heterocycles. The van der Waals surface area contributed by atoms with Crippen molar-refractivity contribution in [1.29, 1.82) is 0 Å². The summed E-state index contributed by atoms with van der Waals surface area (Å²) < 4.78 is 40.3. The Morgan fingerprint density at radius 1 is 1.07 bits per heavy atom. The van der Waals surface area contributed by atoms with E-state index in [0.717, 1.165) is 27.3 Å². The van der Waals surface area contributed by atoms with Gasteiger partial charge in [0.15, 0.2) is 0 Å². The zero-order chi connectivity index (χ0) is 19.2. The normalized spacial score (nSPS) is 18.4. The predicted molar refractivity (Wildman–Crippen MR) is 104 cm³/mol. The van der Waals surface area contributed by atoms with Crippen LogP contribution in [0.5, 0.6) is 0 Å². The SMILES string of the molecule is CCC1=c2c(ccc3c2=C(Cl)C=CN3)N(CC(F)(F)F)C1c1ccccc1. The molecule has 0 amide bonds. The molecule has 0 saturated carbocycles. The van der Waals surface area contributed by atoms with Gasteiger partial charge in [-0.05, 0) is 35.8 Å². The van der Waals surface area contributed by atoms with Crippen LogP contribution in [0, 0.1) is 0 Å². The van der Waals surface area contributed by atoms with Crippen molar-refractivity contribution in [2.45, 2.75) is 25.6 Å². The van der Waals surface area contributed by atoms with Gasteiger partial charge >= 0.3 is 6.18 Å². The molecule has 2 aromatic carbocycles. The molecule has 2 nitrogen and oxygen atoms in total. The van der Waals surface area contributed by atoms with Crippen LogP contribution >= 0.6 is 11.6 Å². The molecule has 4 rings (SSSR count). The fraction of sp³-hybridized carbons (Fsp3) is 0.238. The molecule has 0 bridgehead atoms. The van der Waals surface area contributed by atoms with Gasteiger partial charge in [0.1, 0.15) is 6.54 Å². The minimum atomic E-state index is -4.31. The van der Waals surface area contributed by atoms with Crippen molar-refractivity contribution in [3.63, 3.8) is 0 Å². The van der Waals surface area contributed by atoms with Crippen molar-refractivity contribution >= 4 is 33.6 Å². The Morgan fingerprint density at radius 2 is 1.81 bits per heavy atom. The molecule has 2 aromatic rings. The lowest BCUT2D eigenvalue weighted by Crippen LogP contribution is -2.37. The molecule has 0 aromatic heterocycles. The summed E-state index contributed by atoms with van der Waals surface area (Å²) in [5.41, 5.74) is 3.19. The van der Waals surface area contributed by atoms with Crippen molar-refractivity contribution in [1.82, 2.24) is 0 Å². The fourth-order valence-corrected chi connectivity index (χ4v) is 4.29. The lowest BCUT2D eigenvalue weighted by atomic mass is 9.96. The minimum absolute atomic E-state index is 0.463. The highest BCUT2D eigenvalue weighted by atomic mass is 35.5. The van der Waals surface area contributed by atoms with Crippen LogP contribution < -0.4 is 20.7 Å². The van der Waals surface area contributed by atoms with Gasteiger partial charge in [-0.1, -0.05) is 48.9 Å². The van der Waals surface area contributed by atoms with Gasteiger partial charge in [0.25, 0.3) is 0 Å². The maximum Gasteiger partial charge on any atom is 0.405 e. The van der Waals surface area contributed by atoms with Crippen LogP contribution in [0.2, 0.25) is 0 Å². The topological polar surface area (TPSA) is 15.3 Å². The fourth-order valence-electron chi connectivity index (χ4n) is 4.03. The summed E-state index contributed by atoms with van der Waals surface area (Å²) in [6, 6.07) is 12.4. The number of hydrogen-bond donors (Lipinski definition) is 1. The van der Waals surface area contributed by atoms with E-state index in [1.165, 1.54) is 4.90 Å². The van der Waals surface area contributed by atoms with Gasteiger partial charge in [0, 0.05) is 28.0 Å². The third-order valence-electron chi connectivity index (χ3n) is 5.01. The molecule has 1 unspecified atom stereocenters. The summed E-state index contributed by atoms with van der Waals surface area (Å²) >= 11 is 6.46. The number of fused-ring (bicyclic) bond motifs is 3. The van der Waals surface area contributed by atoms with E-state index >= 15 is 0 Å². The molecule has 2 heterocycles. The van der Waals surface area contributed by atoms with Crippen LogP contribution in [0.25, 0.3) is 10.6 Å². The number of alkyl halides is 3. The van der Waals surface area contributed by atoms with Crippen molar-refractivity contribution in [2.75, 3.05) is 16.8 Å². The van der Waals surface area contributed by atoms with Gasteiger partial charge in [-0.3, -0.25) is 0 Å². The average molecular weight is 391 g/mol. The summed E-state index contributed by atoms with van der Waals surface area (Å²) in [4.78, 5) is 1.45. The predicted octanol–water partition coefficient (Wildman–Crippen LogP) is 4.66. The highest BCUT2D eigenvalue weighted by molar-refractivity contribution is 6.47. The molecule has 140 valence electrons. The molecular formula is C21H18ClF3N2. The largest absolute Gasteiger partial charge is 0.405 e. The second-order valence-electron chi connectivity index (χ2n) is 6.64. The Morgan fingerprint density at radius 3 is 2.48 bits per heavy atom. The highest BCUT2D eigenvalue weighted by Gasteiger charge is 2.39. The van der Waals surface area contributed by atoms with Crippen LogP contribution in [0.3, 0.4) is 0 Å². The molecule has 0 spiro atoms. The first kappa shape index (κ1) is 18.0. The molecule has 1 atom stereocenters. The number of nitrogens with zero attached hydrogens (tertiary/aromatic N) is 1. The Labute approximate surface area is 160 Å². The smallest absolute Gasteiger partial charge is 0.361 e. The second kappa shape index (κ2) is 6.64. The maximum absolute atomic E-state index is 13.4. The molecule has 1 N–H and O–H groups in total. The molecular weight excluding hydrogens is 373 g/mol. The van der Waals surface area contributed by atoms with Gasteiger partial charge in [-0.15, -0.1) is 0 Å². The Hall–Kier alpha value is -2.40. The van der Waals surface area contributed by atoms with Crippen molar-refractivity contribution in [3.05, 3.63) is 70.7 Å². The Kier molecular flexibility index (Phi) is 4.42. The lowest BCUT2D eigenvalue weighted by molar-refractivity contribution is -0.120. The van der Waals surface area contributed by atoms with Crippen molar-refractivity contribution < 1.29 is 13.2 Å². The highest BCUT2D eigenvalue weighted by Crippen LogP contribution is 2.40. The number of nitrogens with one attached hydrogen (secondary N) is 1. The van der Waals surface area contributed by atoms with E-state index in [0.29, 0.717) is 17.1 Å². The van der Waals surface area contributed by atoms with Crippen LogP contribution in [0.1, 0.15) is 24.9 Å². The van der Waals surface area contributed by atoms with Crippen LogP contribution in [-0.2, 0) is 0 Å². The standard InChI is InChI=1S/C21H18ClF3N2/c1-2-14-18-17(9-8-16-19(18)15(22)10-11-26-16)27(12-21(23,24)25)20(14)13-6-4-3-5-7-13/h3-11,20,26H,2,12H2,1H3. The van der Waals surface area contributed by atoms with E-state index in [4.69, 9.17) is 11.6 Å². The van der Waals surface area contributed by atoms with Crippen LogP contribution in [0.4, 0.5) is 24.5 Å². The Bertz CT molecular complexity index is 1030. The van der Waals surface area contributed by atoms with Gasteiger partial charge in [-0.2, -0.15) is 13.2 Å². The molecule has 27 heavy (non-hydrogen) atoms. The zero-order valence-corrected chi connectivity index (χ0v) is 15.4. The number of benzene rings is 2. The van der Waals surface area contributed by atoms with Gasteiger partial charge in [0.2, 0.25) is 0 Å². The van der Waals surface area contributed by atoms with Gasteiger partial charge in [0.05, 0.1) is 11.1 Å². The number of anilines is 2. The quantitative estimate of drug-likeness (QED) is 0.820. The third-order valence-corrected chi connectivity index (χ3v) is 5.32. The van der Waals surface area contributed by atoms with Gasteiger partial charge < -0.3 is 10.2 Å².